The molecule has 1 aliphatic rings. The monoisotopic (exact) mass is 834 g/mol. The van der Waals surface area contributed by atoms with Gasteiger partial charge in [0.25, 0.3) is 5.56 Å². The van der Waals surface area contributed by atoms with Crippen molar-refractivity contribution in [2.24, 2.45) is 5.92 Å². The first kappa shape index (κ1) is 46.1. The Morgan fingerprint density at radius 2 is 1.30 bits per heavy atom. The lowest BCUT2D eigenvalue weighted by atomic mass is 9.77. The van der Waals surface area contributed by atoms with E-state index in [2.05, 4.69) is 49.8 Å². The molecule has 0 spiro atoms. The van der Waals surface area contributed by atoms with E-state index in [1.807, 2.05) is 91.0 Å². The number of pyridine rings is 1. The smallest absolute Gasteiger partial charge is 0.412 e. The molecule has 10 nitrogen and oxygen atoms in total. The van der Waals surface area contributed by atoms with Crippen LogP contribution in [0.15, 0.2) is 114 Å². The van der Waals surface area contributed by atoms with Crippen molar-refractivity contribution in [3.05, 3.63) is 136 Å². The third-order valence-electron chi connectivity index (χ3n) is 12.0. The molecule has 3 aromatic carbocycles. The Balaban J connectivity index is 1.46. The van der Waals surface area contributed by atoms with E-state index in [1.165, 1.54) is 10.6 Å². The molecule has 0 radical (unpaired) electrons. The minimum Gasteiger partial charge on any atom is -0.444 e. The van der Waals surface area contributed by atoms with Gasteiger partial charge in [-0.3, -0.25) is 19.7 Å². The third-order valence-corrected chi connectivity index (χ3v) is 16.5. The minimum absolute atomic E-state index is 0.0291. The van der Waals surface area contributed by atoms with Crippen LogP contribution in [0.25, 0.3) is 0 Å². The van der Waals surface area contributed by atoms with Crippen LogP contribution in [0.2, 0.25) is 18.1 Å². The summed E-state index contributed by atoms with van der Waals surface area (Å²) in [6, 6.07) is 31.7. The molecule has 4 aromatic rings. The van der Waals surface area contributed by atoms with Crippen LogP contribution >= 0.6 is 0 Å². The summed E-state index contributed by atoms with van der Waals surface area (Å²) in [5.74, 6) is -0.263. The second-order valence-corrected chi connectivity index (χ2v) is 23.5. The van der Waals surface area contributed by atoms with Gasteiger partial charge in [0.1, 0.15) is 22.9 Å². The van der Waals surface area contributed by atoms with Crippen molar-refractivity contribution in [2.45, 2.75) is 134 Å². The molecule has 3 amide bonds. The number of anilines is 1. The summed E-state index contributed by atoms with van der Waals surface area (Å²) in [4.78, 5) is 56.0. The highest BCUT2D eigenvalue weighted by Crippen LogP contribution is 2.38. The van der Waals surface area contributed by atoms with Crippen molar-refractivity contribution in [1.82, 2.24) is 15.2 Å². The molecule has 0 aliphatic heterocycles. The average Bonchev–Trinajstić information content (AvgIpc) is 3.21. The molecule has 0 unspecified atom stereocenters. The van der Waals surface area contributed by atoms with Gasteiger partial charge in [0.05, 0.1) is 12.6 Å². The summed E-state index contributed by atoms with van der Waals surface area (Å²) in [6.07, 6.45) is 6.96. The summed E-state index contributed by atoms with van der Waals surface area (Å²) in [5, 5.41) is 9.24. The topological polar surface area (TPSA) is 128 Å². The second-order valence-electron chi connectivity index (χ2n) is 18.7. The number of rotatable bonds is 16. The number of carbonyl (C=O) groups is 3. The highest BCUT2D eigenvalue weighted by molar-refractivity contribution is 6.74. The van der Waals surface area contributed by atoms with Crippen molar-refractivity contribution in [3.63, 3.8) is 0 Å². The molecule has 1 fully saturated rings. The summed E-state index contributed by atoms with van der Waals surface area (Å²) in [5.41, 5.74) is 0.547. The zero-order valence-corrected chi connectivity index (χ0v) is 37.9. The Morgan fingerprint density at radius 3 is 1.80 bits per heavy atom. The molecule has 5 rings (SSSR count). The largest absolute Gasteiger partial charge is 0.444 e. The van der Waals surface area contributed by atoms with Gasteiger partial charge in [0.15, 0.2) is 8.32 Å². The van der Waals surface area contributed by atoms with Gasteiger partial charge < -0.3 is 24.4 Å². The highest BCUT2D eigenvalue weighted by atomic mass is 28.4. The summed E-state index contributed by atoms with van der Waals surface area (Å²) in [7, 11) is -2.28. The van der Waals surface area contributed by atoms with E-state index in [-0.39, 0.29) is 41.5 Å². The van der Waals surface area contributed by atoms with E-state index in [9.17, 15) is 19.2 Å². The highest BCUT2D eigenvalue weighted by Gasteiger charge is 2.40. The van der Waals surface area contributed by atoms with Gasteiger partial charge in [0, 0.05) is 12.6 Å². The van der Waals surface area contributed by atoms with Crippen LogP contribution in [0.5, 0.6) is 0 Å². The maximum Gasteiger partial charge on any atom is 0.412 e. The van der Waals surface area contributed by atoms with Gasteiger partial charge in [-0.25, -0.2) is 4.79 Å². The molecular weight excluding hydrogens is 769 g/mol. The number of aromatic nitrogens is 1. The van der Waals surface area contributed by atoms with Crippen LogP contribution in [0.1, 0.15) is 116 Å². The lowest BCUT2D eigenvalue weighted by Crippen LogP contribution is -2.50. The fourth-order valence-corrected chi connectivity index (χ4v) is 8.78. The van der Waals surface area contributed by atoms with Crippen LogP contribution in [0.4, 0.5) is 10.5 Å². The average molecular weight is 835 g/mol. The summed E-state index contributed by atoms with van der Waals surface area (Å²) < 4.78 is 13.6. The predicted molar refractivity (Wildman–Crippen MR) is 242 cm³/mol. The van der Waals surface area contributed by atoms with Crippen molar-refractivity contribution in [3.8, 4) is 0 Å². The SMILES string of the molecule is CC(C)(C)OC(=O)Nc1cccn([C@@H](CC2CCCCC2)C(=O)N[C@@H](CCC(=O)NC(c2ccccc2)(c2ccccc2)c2ccccc2)CO[Si](C)(C)C(C)(C)C)c1=O. The molecule has 3 N–H and O–H groups in total. The van der Waals surface area contributed by atoms with Gasteiger partial charge in [-0.1, -0.05) is 144 Å². The number of hydrogen-bond acceptors (Lipinski definition) is 6. The Bertz CT molecular complexity index is 1970. The molecule has 0 saturated heterocycles. The molecule has 1 aliphatic carbocycles. The lowest BCUT2D eigenvalue weighted by Gasteiger charge is -2.38. The van der Waals surface area contributed by atoms with E-state index in [4.69, 9.17) is 9.16 Å². The molecule has 60 heavy (non-hydrogen) atoms. The van der Waals surface area contributed by atoms with Gasteiger partial charge in [0.2, 0.25) is 11.8 Å². The molecule has 1 heterocycles. The molecule has 1 saturated carbocycles. The first-order valence-electron chi connectivity index (χ1n) is 21.5. The number of benzene rings is 3. The number of nitrogens with zero attached hydrogens (tertiary/aromatic N) is 1. The number of nitrogens with one attached hydrogen (secondary N) is 3. The van der Waals surface area contributed by atoms with Crippen LogP contribution in [0, 0.1) is 5.92 Å². The Hall–Kier alpha value is -5.00. The normalized spacial score (nSPS) is 15.1. The first-order valence-corrected chi connectivity index (χ1v) is 24.4. The Labute approximate surface area is 358 Å². The van der Waals surface area contributed by atoms with Crippen LogP contribution in [-0.4, -0.2) is 49.0 Å². The molecule has 322 valence electrons. The molecular formula is C49H66N4O6Si. The van der Waals surface area contributed by atoms with Gasteiger partial charge in [-0.2, -0.15) is 0 Å². The number of amides is 3. The quantitative estimate of drug-likeness (QED) is 0.0762. The van der Waals surface area contributed by atoms with Crippen molar-refractivity contribution in [1.29, 1.82) is 0 Å². The number of hydrogen-bond donors (Lipinski definition) is 3. The van der Waals surface area contributed by atoms with E-state index < -0.39 is 43.2 Å². The summed E-state index contributed by atoms with van der Waals surface area (Å²) >= 11 is 0. The van der Waals surface area contributed by atoms with Crippen LogP contribution < -0.4 is 21.5 Å². The first-order chi connectivity index (χ1) is 28.4. The van der Waals surface area contributed by atoms with Crippen molar-refractivity contribution >= 4 is 31.9 Å². The van der Waals surface area contributed by atoms with Gasteiger partial charge >= 0.3 is 6.09 Å². The number of carbonyl (C=O) groups excluding carboxylic acids is 3. The van der Waals surface area contributed by atoms with E-state index >= 15 is 0 Å². The molecule has 11 heteroatoms. The molecule has 1 aromatic heterocycles. The maximum absolute atomic E-state index is 14.7. The molecule has 2 atom stereocenters. The minimum atomic E-state index is -2.28. The third kappa shape index (κ3) is 12.1. The Kier molecular flexibility index (Phi) is 15.4. The Morgan fingerprint density at radius 1 is 0.767 bits per heavy atom. The zero-order valence-electron chi connectivity index (χ0n) is 36.9. The fourth-order valence-electron chi connectivity index (χ4n) is 7.73. The summed E-state index contributed by atoms with van der Waals surface area (Å²) in [6.45, 7) is 16.3. The maximum atomic E-state index is 14.7. The second kappa shape index (κ2) is 20.0. The zero-order chi connectivity index (χ0) is 43.6. The van der Waals surface area contributed by atoms with E-state index in [0.717, 1.165) is 48.8 Å². The van der Waals surface area contributed by atoms with E-state index in [1.54, 1.807) is 33.0 Å². The van der Waals surface area contributed by atoms with Crippen LogP contribution in [-0.2, 0) is 24.3 Å². The van der Waals surface area contributed by atoms with Crippen molar-refractivity contribution < 1.29 is 23.5 Å². The van der Waals surface area contributed by atoms with E-state index in [0.29, 0.717) is 12.8 Å². The fraction of sp³-hybridized carbons (Fsp3) is 0.469. The van der Waals surface area contributed by atoms with Crippen LogP contribution in [0.3, 0.4) is 0 Å². The standard InChI is InChI=1S/C49H66N4O6Si/c1-47(2,3)59-46(57)51-41-30-21-33-53(45(41)56)42(34-36-22-13-9-14-23-36)44(55)50-40(35-58-60(7,8)48(4,5)6)31-32-43(54)52-49(37-24-15-10-16-25-37,38-26-17-11-18-27-38)39-28-19-12-20-29-39/h10-12,15-21,24-30,33,36,40,42H,9,13-14,22-23,31-32,34-35H2,1-8H3,(H,50,55)(H,51,57)(H,52,54)/t40-,42-/m0/s1. The molecule has 0 bridgehead atoms. The van der Waals surface area contributed by atoms with Gasteiger partial charge in [-0.15, -0.1) is 0 Å². The van der Waals surface area contributed by atoms with Crippen molar-refractivity contribution in [2.75, 3.05) is 11.9 Å². The lowest BCUT2D eigenvalue weighted by molar-refractivity contribution is -0.127. The number of ether oxygens (including phenoxy) is 1. The predicted octanol–water partition coefficient (Wildman–Crippen LogP) is 10.1. The van der Waals surface area contributed by atoms with Gasteiger partial charge in [-0.05, 0) is 86.5 Å².